The van der Waals surface area contributed by atoms with Crippen molar-refractivity contribution in [3.8, 4) is 5.75 Å². The summed E-state index contributed by atoms with van der Waals surface area (Å²) < 4.78 is 12.3. The second-order valence-electron chi connectivity index (χ2n) is 6.73. The number of ether oxygens (including phenoxy) is 2. The maximum atomic E-state index is 12.6. The molecule has 1 aromatic heterocycles. The van der Waals surface area contributed by atoms with Crippen LogP contribution in [0.1, 0.15) is 35.0 Å². The van der Waals surface area contributed by atoms with E-state index in [1.54, 1.807) is 24.3 Å². The zero-order chi connectivity index (χ0) is 20.1. The van der Waals surface area contributed by atoms with Crippen molar-refractivity contribution in [2.75, 3.05) is 13.2 Å². The van der Waals surface area contributed by atoms with Gasteiger partial charge >= 0.3 is 5.97 Å². The van der Waals surface area contributed by atoms with Crippen LogP contribution in [0.2, 0.25) is 0 Å². The molecule has 0 aliphatic carbocycles. The highest BCUT2D eigenvalue weighted by molar-refractivity contribution is 6.02. The van der Waals surface area contributed by atoms with E-state index < -0.39 is 5.97 Å². The molecular weight excluding hydrogens is 356 g/mol. The molecule has 2 aromatic carbocycles. The summed E-state index contributed by atoms with van der Waals surface area (Å²) in [6, 6.07) is 12.9. The van der Waals surface area contributed by atoms with E-state index in [2.05, 4.69) is 11.2 Å². The molecule has 0 fully saturated rings. The smallest absolute Gasteiger partial charge is 0.359 e. The number of nitrogens with zero attached hydrogens (tertiary/aromatic N) is 2. The van der Waals surface area contributed by atoms with E-state index in [4.69, 9.17) is 9.47 Å². The molecule has 0 N–H and O–H groups in total. The third-order valence-corrected chi connectivity index (χ3v) is 4.28. The Bertz CT molecular complexity index is 1040. The van der Waals surface area contributed by atoms with Gasteiger partial charge in [-0.15, -0.1) is 0 Å². The maximum absolute atomic E-state index is 12.6. The van der Waals surface area contributed by atoms with Gasteiger partial charge in [0, 0.05) is 11.9 Å². The maximum Gasteiger partial charge on any atom is 0.359 e. The fourth-order valence-corrected chi connectivity index (χ4v) is 3.13. The summed E-state index contributed by atoms with van der Waals surface area (Å²) in [7, 11) is 0. The first-order valence-corrected chi connectivity index (χ1v) is 9.37. The lowest BCUT2D eigenvalue weighted by Crippen LogP contribution is -2.26. The first-order chi connectivity index (χ1) is 13.5. The van der Waals surface area contributed by atoms with Gasteiger partial charge in [-0.05, 0) is 49.6 Å². The summed E-state index contributed by atoms with van der Waals surface area (Å²) in [5.74, 6) is 0.179. The van der Waals surface area contributed by atoms with Crippen molar-refractivity contribution >= 4 is 16.7 Å². The molecule has 6 nitrogen and oxygen atoms in total. The number of benzene rings is 2. The Morgan fingerprint density at radius 3 is 2.39 bits per heavy atom. The van der Waals surface area contributed by atoms with E-state index in [1.165, 1.54) is 4.68 Å². The van der Waals surface area contributed by atoms with Gasteiger partial charge in [-0.2, -0.15) is 5.10 Å². The average molecular weight is 380 g/mol. The van der Waals surface area contributed by atoms with Crippen molar-refractivity contribution in [2.45, 2.75) is 33.7 Å². The summed E-state index contributed by atoms with van der Waals surface area (Å²) in [5.41, 5.74) is 2.17. The Morgan fingerprint density at radius 2 is 1.71 bits per heavy atom. The van der Waals surface area contributed by atoms with Crippen molar-refractivity contribution in [2.24, 2.45) is 0 Å². The molecule has 6 heteroatoms. The topological polar surface area (TPSA) is 70.4 Å². The number of esters is 1. The molecule has 0 saturated heterocycles. The van der Waals surface area contributed by atoms with E-state index in [1.807, 2.05) is 32.9 Å². The van der Waals surface area contributed by atoms with Crippen molar-refractivity contribution < 1.29 is 14.3 Å². The molecule has 0 spiro atoms. The normalized spacial score (nSPS) is 10.8. The highest BCUT2D eigenvalue weighted by atomic mass is 16.6. The fraction of sp³-hybridized carbons (Fsp3) is 0.318. The van der Waals surface area contributed by atoms with Crippen molar-refractivity contribution in [3.05, 3.63) is 69.6 Å². The lowest BCUT2D eigenvalue weighted by molar-refractivity contribution is 0.0443. The molecule has 0 unspecified atom stereocenters. The van der Waals surface area contributed by atoms with Crippen molar-refractivity contribution in [3.63, 3.8) is 0 Å². The van der Waals surface area contributed by atoms with Crippen LogP contribution in [-0.4, -0.2) is 29.0 Å². The van der Waals surface area contributed by atoms with Crippen LogP contribution in [0.15, 0.2) is 47.3 Å². The minimum Gasteiger partial charge on any atom is -0.490 e. The molecule has 0 aliphatic heterocycles. The molecule has 0 saturated carbocycles. The molecular formula is C22H24N2O4. The third kappa shape index (κ3) is 4.39. The van der Waals surface area contributed by atoms with Gasteiger partial charge in [0.05, 0.1) is 5.39 Å². The molecule has 0 bridgehead atoms. The minimum atomic E-state index is -0.565. The zero-order valence-electron chi connectivity index (χ0n) is 16.4. The number of aromatic nitrogens is 2. The van der Waals surface area contributed by atoms with Crippen LogP contribution >= 0.6 is 0 Å². The largest absolute Gasteiger partial charge is 0.490 e. The minimum absolute atomic E-state index is 0.0920. The Morgan fingerprint density at radius 1 is 1.04 bits per heavy atom. The lowest BCUT2D eigenvalue weighted by Gasteiger charge is -2.11. The first kappa shape index (κ1) is 19.6. The van der Waals surface area contributed by atoms with Crippen LogP contribution in [0.3, 0.4) is 0 Å². The lowest BCUT2D eigenvalue weighted by atomic mass is 10.1. The van der Waals surface area contributed by atoms with Crippen LogP contribution in [0, 0.1) is 13.8 Å². The summed E-state index contributed by atoms with van der Waals surface area (Å²) in [6.07, 6.45) is 0.740. The molecule has 0 aliphatic rings. The molecule has 3 rings (SSSR count). The highest BCUT2D eigenvalue weighted by Crippen LogP contribution is 2.17. The molecule has 0 radical (unpaired) electrons. The number of carbonyl (C=O) groups excluding carboxylic acids is 1. The van der Waals surface area contributed by atoms with E-state index >= 15 is 0 Å². The average Bonchev–Trinajstić information content (AvgIpc) is 2.67. The standard InChI is InChI=1S/C22H24N2O4/c1-4-9-24-21(25)19-8-6-5-7-18(19)20(23-24)22(26)28-11-10-27-17-13-15(2)12-16(3)14-17/h5-8,12-14H,4,9-11H2,1-3H3. The van der Waals surface area contributed by atoms with Gasteiger partial charge in [-0.3, -0.25) is 4.79 Å². The Labute approximate surface area is 163 Å². The fourth-order valence-electron chi connectivity index (χ4n) is 3.13. The number of hydrogen-bond acceptors (Lipinski definition) is 5. The van der Waals surface area contributed by atoms with Crippen LogP contribution in [-0.2, 0) is 11.3 Å². The zero-order valence-corrected chi connectivity index (χ0v) is 16.4. The monoisotopic (exact) mass is 380 g/mol. The van der Waals surface area contributed by atoms with Gasteiger partial charge in [-0.1, -0.05) is 31.2 Å². The number of fused-ring (bicyclic) bond motifs is 1. The second kappa shape index (κ2) is 8.69. The van der Waals surface area contributed by atoms with Crippen molar-refractivity contribution in [1.29, 1.82) is 0 Å². The molecule has 0 amide bonds. The Kier molecular flexibility index (Phi) is 6.09. The van der Waals surface area contributed by atoms with Crippen LogP contribution in [0.5, 0.6) is 5.75 Å². The van der Waals surface area contributed by atoms with Gasteiger partial charge in [-0.25, -0.2) is 9.48 Å². The Balaban J connectivity index is 1.72. The van der Waals surface area contributed by atoms with Gasteiger partial charge in [0.2, 0.25) is 0 Å². The van der Waals surface area contributed by atoms with E-state index in [9.17, 15) is 9.59 Å². The van der Waals surface area contributed by atoms with E-state index in [0.29, 0.717) is 17.3 Å². The Hall–Kier alpha value is -3.15. The van der Waals surface area contributed by atoms with Crippen LogP contribution in [0.25, 0.3) is 10.8 Å². The highest BCUT2D eigenvalue weighted by Gasteiger charge is 2.17. The molecule has 146 valence electrons. The summed E-state index contributed by atoms with van der Waals surface area (Å²) in [5, 5.41) is 5.20. The number of rotatable bonds is 7. The van der Waals surface area contributed by atoms with Crippen molar-refractivity contribution in [1.82, 2.24) is 9.78 Å². The summed E-state index contributed by atoms with van der Waals surface area (Å²) >= 11 is 0. The van der Waals surface area contributed by atoms with Gasteiger partial charge in [0.25, 0.3) is 5.56 Å². The number of hydrogen-bond donors (Lipinski definition) is 0. The van der Waals surface area contributed by atoms with Crippen LogP contribution in [0.4, 0.5) is 0 Å². The second-order valence-corrected chi connectivity index (χ2v) is 6.73. The van der Waals surface area contributed by atoms with E-state index in [-0.39, 0.29) is 24.5 Å². The van der Waals surface area contributed by atoms with Gasteiger partial charge < -0.3 is 9.47 Å². The predicted octanol–water partition coefficient (Wildman–Crippen LogP) is 3.66. The summed E-state index contributed by atoms with van der Waals surface area (Å²) in [4.78, 5) is 25.1. The number of carbonyl (C=O) groups is 1. The van der Waals surface area contributed by atoms with Gasteiger partial charge in [0.1, 0.15) is 19.0 Å². The van der Waals surface area contributed by atoms with Gasteiger partial charge in [0.15, 0.2) is 5.69 Å². The molecule has 1 heterocycles. The molecule has 28 heavy (non-hydrogen) atoms. The third-order valence-electron chi connectivity index (χ3n) is 4.28. The summed E-state index contributed by atoms with van der Waals surface area (Å²) in [6.45, 7) is 6.73. The van der Waals surface area contributed by atoms with E-state index in [0.717, 1.165) is 23.3 Å². The molecule has 3 aromatic rings. The van der Waals surface area contributed by atoms with Crippen LogP contribution < -0.4 is 10.3 Å². The predicted molar refractivity (Wildman–Crippen MR) is 108 cm³/mol. The SMILES string of the molecule is CCCn1nc(C(=O)OCCOc2cc(C)cc(C)c2)c2ccccc2c1=O. The molecule has 0 atom stereocenters. The first-order valence-electron chi connectivity index (χ1n) is 9.37. The quantitative estimate of drug-likeness (QED) is 0.462. The number of aryl methyl sites for hydroxylation is 3.